The number of thioether (sulfide) groups is 1. The molecule has 2 aliphatic rings. The molecule has 0 saturated carbocycles. The van der Waals surface area contributed by atoms with Crippen LogP contribution in [0.3, 0.4) is 0 Å². The number of hydrogen-bond donors (Lipinski definition) is 3. The fourth-order valence-electron chi connectivity index (χ4n) is 2.12. The summed E-state index contributed by atoms with van der Waals surface area (Å²) in [7, 11) is 0. The summed E-state index contributed by atoms with van der Waals surface area (Å²) in [4.78, 5) is 23.1. The Bertz CT molecular complexity index is 544. The van der Waals surface area contributed by atoms with Crippen molar-refractivity contribution in [3.63, 3.8) is 0 Å². The van der Waals surface area contributed by atoms with Crippen molar-refractivity contribution in [2.24, 2.45) is 0 Å². The zero-order chi connectivity index (χ0) is 13.9. The van der Waals surface area contributed by atoms with Crippen LogP contribution in [0, 0.1) is 0 Å². The van der Waals surface area contributed by atoms with Crippen molar-refractivity contribution >= 4 is 29.3 Å². The van der Waals surface area contributed by atoms with Crippen molar-refractivity contribution in [2.75, 3.05) is 23.6 Å². The highest BCUT2D eigenvalue weighted by Crippen LogP contribution is 2.28. The van der Waals surface area contributed by atoms with Gasteiger partial charge in [-0.25, -0.2) is 0 Å². The Morgan fingerprint density at radius 3 is 3.20 bits per heavy atom. The minimum Gasteiger partial charge on any atom is -0.482 e. The van der Waals surface area contributed by atoms with Gasteiger partial charge < -0.3 is 15.4 Å². The van der Waals surface area contributed by atoms with Crippen LogP contribution in [0.4, 0.5) is 5.69 Å². The molecule has 20 heavy (non-hydrogen) atoms. The first-order chi connectivity index (χ1) is 9.72. The Kier molecular flexibility index (Phi) is 3.79. The van der Waals surface area contributed by atoms with Gasteiger partial charge in [-0.2, -0.15) is 0 Å². The molecule has 0 aliphatic carbocycles. The average Bonchev–Trinajstić information content (AvgIpc) is 2.98. The number of carbonyl (C=O) groups is 2. The highest BCUT2D eigenvalue weighted by Gasteiger charge is 2.22. The number of ether oxygens (including phenoxy) is 1. The molecule has 7 heteroatoms. The van der Waals surface area contributed by atoms with E-state index in [9.17, 15) is 9.59 Å². The molecule has 0 radical (unpaired) electrons. The summed E-state index contributed by atoms with van der Waals surface area (Å²) in [5, 5.41) is 8.76. The van der Waals surface area contributed by atoms with Gasteiger partial charge in [0.2, 0.25) is 5.91 Å². The van der Waals surface area contributed by atoms with E-state index in [1.807, 2.05) is 12.1 Å². The maximum absolute atomic E-state index is 11.9. The largest absolute Gasteiger partial charge is 0.482 e. The molecule has 3 N–H and O–H groups in total. The molecule has 1 unspecified atom stereocenters. The Hall–Kier alpha value is -1.73. The molecule has 1 atom stereocenters. The van der Waals surface area contributed by atoms with Gasteiger partial charge in [-0.15, -0.1) is 11.8 Å². The predicted octanol–water partition coefficient (Wildman–Crippen LogP) is 0.296. The molecular formula is C13H15N3O3S. The van der Waals surface area contributed by atoms with E-state index in [-0.39, 0.29) is 24.5 Å². The number of benzene rings is 1. The SMILES string of the molecule is O=C1COc2ccc(CNC(=O)C3CSCN3)cc2N1. The van der Waals surface area contributed by atoms with E-state index in [0.29, 0.717) is 18.0 Å². The lowest BCUT2D eigenvalue weighted by Gasteiger charge is -2.18. The van der Waals surface area contributed by atoms with E-state index in [0.717, 1.165) is 17.2 Å². The summed E-state index contributed by atoms with van der Waals surface area (Å²) in [5.41, 5.74) is 1.58. The lowest BCUT2D eigenvalue weighted by atomic mass is 10.1. The number of amides is 2. The Labute approximate surface area is 120 Å². The maximum Gasteiger partial charge on any atom is 0.262 e. The van der Waals surface area contributed by atoms with Gasteiger partial charge in [0.25, 0.3) is 5.91 Å². The standard InChI is InChI=1S/C13H15N3O3S/c17-12-5-19-11-2-1-8(3-9(11)16-12)4-14-13(18)10-6-20-7-15-10/h1-3,10,15H,4-7H2,(H,14,18)(H,16,17). The van der Waals surface area contributed by atoms with Crippen LogP contribution in [0.5, 0.6) is 5.75 Å². The van der Waals surface area contributed by atoms with Gasteiger partial charge in [0.05, 0.1) is 11.7 Å². The molecule has 1 aromatic rings. The number of fused-ring (bicyclic) bond motifs is 1. The molecule has 1 fully saturated rings. The van der Waals surface area contributed by atoms with Crippen molar-refractivity contribution in [1.29, 1.82) is 0 Å². The number of anilines is 1. The molecule has 106 valence electrons. The van der Waals surface area contributed by atoms with E-state index >= 15 is 0 Å². The van der Waals surface area contributed by atoms with Crippen LogP contribution in [-0.2, 0) is 16.1 Å². The zero-order valence-corrected chi connectivity index (χ0v) is 11.6. The Morgan fingerprint density at radius 2 is 2.40 bits per heavy atom. The van der Waals surface area contributed by atoms with Crippen molar-refractivity contribution in [3.8, 4) is 5.75 Å². The molecule has 1 saturated heterocycles. The quantitative estimate of drug-likeness (QED) is 0.747. The van der Waals surface area contributed by atoms with Crippen LogP contribution in [0.15, 0.2) is 18.2 Å². The summed E-state index contributed by atoms with van der Waals surface area (Å²) in [6, 6.07) is 5.40. The monoisotopic (exact) mass is 293 g/mol. The van der Waals surface area contributed by atoms with E-state index in [1.54, 1.807) is 17.8 Å². The summed E-state index contributed by atoms with van der Waals surface area (Å²) in [6.45, 7) is 0.485. The fourth-order valence-corrected chi connectivity index (χ4v) is 3.06. The molecule has 0 bridgehead atoms. The third kappa shape index (κ3) is 2.88. The molecule has 0 spiro atoms. The number of carbonyl (C=O) groups excluding carboxylic acids is 2. The van der Waals surface area contributed by atoms with Crippen LogP contribution in [0.2, 0.25) is 0 Å². The van der Waals surface area contributed by atoms with Crippen LogP contribution in [0.1, 0.15) is 5.56 Å². The lowest BCUT2D eigenvalue weighted by molar-refractivity contribution is -0.122. The fraction of sp³-hybridized carbons (Fsp3) is 0.385. The van der Waals surface area contributed by atoms with Crippen molar-refractivity contribution in [2.45, 2.75) is 12.6 Å². The smallest absolute Gasteiger partial charge is 0.262 e. The van der Waals surface area contributed by atoms with Gasteiger partial charge in [-0.05, 0) is 17.7 Å². The number of rotatable bonds is 3. The first-order valence-corrected chi connectivity index (χ1v) is 7.52. The van der Waals surface area contributed by atoms with Gasteiger partial charge >= 0.3 is 0 Å². The van der Waals surface area contributed by atoms with Crippen LogP contribution >= 0.6 is 11.8 Å². The predicted molar refractivity (Wildman–Crippen MR) is 76.7 cm³/mol. The van der Waals surface area contributed by atoms with Crippen LogP contribution in [0.25, 0.3) is 0 Å². The van der Waals surface area contributed by atoms with E-state index < -0.39 is 0 Å². The van der Waals surface area contributed by atoms with Gasteiger partial charge in [0.15, 0.2) is 6.61 Å². The van der Waals surface area contributed by atoms with Crippen molar-refractivity contribution in [1.82, 2.24) is 10.6 Å². The average molecular weight is 293 g/mol. The normalized spacial score (nSPS) is 20.8. The minimum absolute atomic E-state index is 0.00741. The molecule has 2 aliphatic heterocycles. The molecule has 0 aromatic heterocycles. The molecule has 6 nitrogen and oxygen atoms in total. The second kappa shape index (κ2) is 5.72. The molecular weight excluding hydrogens is 278 g/mol. The molecule has 2 amide bonds. The van der Waals surface area contributed by atoms with Gasteiger partial charge in [0, 0.05) is 18.2 Å². The molecule has 3 rings (SSSR count). The Balaban J connectivity index is 1.61. The number of hydrogen-bond acceptors (Lipinski definition) is 5. The first-order valence-electron chi connectivity index (χ1n) is 6.37. The van der Waals surface area contributed by atoms with Crippen molar-refractivity contribution < 1.29 is 14.3 Å². The topological polar surface area (TPSA) is 79.5 Å². The van der Waals surface area contributed by atoms with E-state index in [4.69, 9.17) is 4.74 Å². The highest BCUT2D eigenvalue weighted by atomic mass is 32.2. The zero-order valence-electron chi connectivity index (χ0n) is 10.8. The second-order valence-electron chi connectivity index (χ2n) is 4.66. The first kappa shape index (κ1) is 13.3. The number of nitrogens with one attached hydrogen (secondary N) is 3. The third-order valence-electron chi connectivity index (χ3n) is 3.18. The van der Waals surface area contributed by atoms with E-state index in [2.05, 4.69) is 16.0 Å². The van der Waals surface area contributed by atoms with Crippen LogP contribution < -0.4 is 20.7 Å². The van der Waals surface area contributed by atoms with Gasteiger partial charge in [-0.3, -0.25) is 14.9 Å². The lowest BCUT2D eigenvalue weighted by Crippen LogP contribution is -2.41. The molecule has 2 heterocycles. The third-order valence-corrected chi connectivity index (χ3v) is 4.12. The van der Waals surface area contributed by atoms with Crippen molar-refractivity contribution in [3.05, 3.63) is 23.8 Å². The summed E-state index contributed by atoms with van der Waals surface area (Å²) in [5.74, 6) is 2.13. The minimum atomic E-state index is -0.161. The van der Waals surface area contributed by atoms with E-state index in [1.165, 1.54) is 0 Å². The summed E-state index contributed by atoms with van der Waals surface area (Å²) < 4.78 is 5.29. The van der Waals surface area contributed by atoms with Gasteiger partial charge in [0.1, 0.15) is 5.75 Å². The Morgan fingerprint density at radius 1 is 1.50 bits per heavy atom. The molecule has 1 aromatic carbocycles. The van der Waals surface area contributed by atoms with Crippen LogP contribution in [-0.4, -0.2) is 36.1 Å². The highest BCUT2D eigenvalue weighted by molar-refractivity contribution is 7.99. The summed E-state index contributed by atoms with van der Waals surface area (Å²) in [6.07, 6.45) is 0. The summed E-state index contributed by atoms with van der Waals surface area (Å²) >= 11 is 1.72. The van der Waals surface area contributed by atoms with Gasteiger partial charge in [-0.1, -0.05) is 6.07 Å². The second-order valence-corrected chi connectivity index (χ2v) is 5.69. The maximum atomic E-state index is 11.9.